The van der Waals surface area contributed by atoms with Crippen molar-refractivity contribution in [1.82, 2.24) is 9.80 Å². The molecule has 0 unspecified atom stereocenters. The third-order valence-electron chi connectivity index (χ3n) is 7.40. The molecular formula is C28H32N2O3. The monoisotopic (exact) mass is 444 g/mol. The fourth-order valence-corrected chi connectivity index (χ4v) is 5.74. The lowest BCUT2D eigenvalue weighted by Gasteiger charge is -2.39. The van der Waals surface area contributed by atoms with E-state index in [1.807, 2.05) is 17.0 Å². The molecule has 2 saturated heterocycles. The second kappa shape index (κ2) is 9.54. The van der Waals surface area contributed by atoms with Gasteiger partial charge < -0.3 is 14.4 Å². The van der Waals surface area contributed by atoms with Gasteiger partial charge in [0.2, 0.25) is 5.91 Å². The number of ether oxygens (including phenoxy) is 2. The van der Waals surface area contributed by atoms with Crippen LogP contribution < -0.4 is 4.74 Å². The summed E-state index contributed by atoms with van der Waals surface area (Å²) in [7, 11) is 3.29. The highest BCUT2D eigenvalue weighted by Gasteiger charge is 2.45. The molecule has 0 spiro atoms. The first-order valence-corrected chi connectivity index (χ1v) is 11.8. The molecule has 172 valence electrons. The number of carbonyl (C=O) groups is 1. The average molecular weight is 445 g/mol. The van der Waals surface area contributed by atoms with Gasteiger partial charge in [0.1, 0.15) is 12.4 Å². The SMILES string of the molecule is COCC(=O)N1CC[C@@H]2[C@H](C1)[C@@H](c1ccc(OC)cc1)CN2Cc1ccc2ccccc2c1. The van der Waals surface area contributed by atoms with Crippen molar-refractivity contribution in [2.75, 3.05) is 40.5 Å². The average Bonchev–Trinajstić information content (AvgIpc) is 3.21. The van der Waals surface area contributed by atoms with Crippen molar-refractivity contribution in [2.24, 2.45) is 5.92 Å². The van der Waals surface area contributed by atoms with Crippen LogP contribution in [-0.4, -0.2) is 62.2 Å². The van der Waals surface area contributed by atoms with E-state index in [2.05, 4.69) is 59.5 Å². The number of hydrogen-bond donors (Lipinski definition) is 0. The molecule has 2 heterocycles. The lowest BCUT2D eigenvalue weighted by atomic mass is 9.81. The molecule has 5 heteroatoms. The van der Waals surface area contributed by atoms with Crippen molar-refractivity contribution >= 4 is 16.7 Å². The quantitative estimate of drug-likeness (QED) is 0.568. The predicted molar refractivity (Wildman–Crippen MR) is 130 cm³/mol. The number of carbonyl (C=O) groups excluding carboxylic acids is 1. The molecule has 2 aliphatic rings. The number of likely N-dealkylation sites (tertiary alicyclic amines) is 2. The van der Waals surface area contributed by atoms with Crippen LogP contribution in [0.25, 0.3) is 10.8 Å². The number of piperidine rings is 1. The molecule has 0 aliphatic carbocycles. The first kappa shape index (κ1) is 21.9. The first-order valence-electron chi connectivity index (χ1n) is 11.8. The van der Waals surface area contributed by atoms with Gasteiger partial charge in [-0.3, -0.25) is 9.69 Å². The van der Waals surface area contributed by atoms with E-state index in [0.29, 0.717) is 17.9 Å². The molecule has 0 saturated carbocycles. The summed E-state index contributed by atoms with van der Waals surface area (Å²) in [4.78, 5) is 17.2. The molecule has 3 atom stereocenters. The molecule has 0 N–H and O–H groups in total. The zero-order chi connectivity index (χ0) is 22.8. The second-order valence-electron chi connectivity index (χ2n) is 9.28. The van der Waals surface area contributed by atoms with E-state index in [0.717, 1.165) is 38.3 Å². The Morgan fingerprint density at radius 3 is 2.52 bits per heavy atom. The number of amides is 1. The van der Waals surface area contributed by atoms with Gasteiger partial charge in [0.05, 0.1) is 7.11 Å². The lowest BCUT2D eigenvalue weighted by Crippen LogP contribution is -2.49. The van der Waals surface area contributed by atoms with E-state index in [4.69, 9.17) is 9.47 Å². The minimum Gasteiger partial charge on any atom is -0.497 e. The maximum atomic E-state index is 12.6. The van der Waals surface area contributed by atoms with Gasteiger partial charge in [0, 0.05) is 51.2 Å². The second-order valence-corrected chi connectivity index (χ2v) is 9.28. The molecule has 2 aliphatic heterocycles. The summed E-state index contributed by atoms with van der Waals surface area (Å²) in [5.74, 6) is 1.77. The van der Waals surface area contributed by atoms with Crippen LogP contribution in [0.1, 0.15) is 23.5 Å². The third kappa shape index (κ3) is 4.48. The molecule has 2 fully saturated rings. The number of benzene rings is 3. The van der Waals surface area contributed by atoms with Crippen LogP contribution in [0.2, 0.25) is 0 Å². The maximum absolute atomic E-state index is 12.6. The lowest BCUT2D eigenvalue weighted by molar-refractivity contribution is -0.137. The van der Waals surface area contributed by atoms with Gasteiger partial charge in [-0.05, 0) is 46.5 Å². The summed E-state index contributed by atoms with van der Waals surface area (Å²) in [5, 5.41) is 2.57. The largest absolute Gasteiger partial charge is 0.497 e. The van der Waals surface area contributed by atoms with E-state index in [9.17, 15) is 4.79 Å². The van der Waals surface area contributed by atoms with Crippen molar-refractivity contribution in [1.29, 1.82) is 0 Å². The van der Waals surface area contributed by atoms with Gasteiger partial charge in [0.15, 0.2) is 0 Å². The summed E-state index contributed by atoms with van der Waals surface area (Å²) in [6.45, 7) is 3.68. The fourth-order valence-electron chi connectivity index (χ4n) is 5.74. The minimum atomic E-state index is 0.0948. The smallest absolute Gasteiger partial charge is 0.248 e. The Kier molecular flexibility index (Phi) is 6.34. The predicted octanol–water partition coefficient (Wildman–Crippen LogP) is 4.31. The molecule has 0 bridgehead atoms. The Morgan fingerprint density at radius 1 is 0.970 bits per heavy atom. The summed E-state index contributed by atoms with van der Waals surface area (Å²) in [6, 6.07) is 24.3. The highest BCUT2D eigenvalue weighted by molar-refractivity contribution is 5.83. The van der Waals surface area contributed by atoms with Crippen LogP contribution in [0.5, 0.6) is 5.75 Å². The van der Waals surface area contributed by atoms with Gasteiger partial charge in [-0.1, -0.05) is 48.5 Å². The molecule has 0 aromatic heterocycles. The van der Waals surface area contributed by atoms with Crippen LogP contribution in [0.4, 0.5) is 0 Å². The molecule has 5 nitrogen and oxygen atoms in total. The number of rotatable bonds is 6. The van der Waals surface area contributed by atoms with Crippen LogP contribution in [0.15, 0.2) is 66.7 Å². The molecule has 3 aromatic rings. The van der Waals surface area contributed by atoms with Crippen molar-refractivity contribution in [2.45, 2.75) is 24.9 Å². The normalized spacial score (nSPS) is 23.0. The number of nitrogens with zero attached hydrogens (tertiary/aromatic N) is 2. The summed E-state index contributed by atoms with van der Waals surface area (Å²) >= 11 is 0. The van der Waals surface area contributed by atoms with Crippen LogP contribution in [0.3, 0.4) is 0 Å². The zero-order valence-corrected chi connectivity index (χ0v) is 19.4. The highest BCUT2D eigenvalue weighted by Crippen LogP contribution is 2.42. The Balaban J connectivity index is 1.41. The molecule has 3 aromatic carbocycles. The van der Waals surface area contributed by atoms with Crippen LogP contribution in [-0.2, 0) is 16.1 Å². The van der Waals surface area contributed by atoms with Crippen molar-refractivity contribution in [3.05, 3.63) is 77.9 Å². The number of fused-ring (bicyclic) bond motifs is 2. The van der Waals surface area contributed by atoms with Gasteiger partial charge in [0.25, 0.3) is 0 Å². The fraction of sp³-hybridized carbons (Fsp3) is 0.393. The van der Waals surface area contributed by atoms with Crippen LogP contribution in [0, 0.1) is 5.92 Å². The van der Waals surface area contributed by atoms with E-state index in [-0.39, 0.29) is 12.5 Å². The van der Waals surface area contributed by atoms with E-state index in [1.54, 1.807) is 14.2 Å². The maximum Gasteiger partial charge on any atom is 0.248 e. The molecule has 0 radical (unpaired) electrons. The number of hydrogen-bond acceptors (Lipinski definition) is 4. The Hall–Kier alpha value is -2.89. The highest BCUT2D eigenvalue weighted by atomic mass is 16.5. The minimum absolute atomic E-state index is 0.0948. The Morgan fingerprint density at radius 2 is 1.76 bits per heavy atom. The van der Waals surface area contributed by atoms with Gasteiger partial charge in [-0.25, -0.2) is 0 Å². The van der Waals surface area contributed by atoms with Gasteiger partial charge in [-0.2, -0.15) is 0 Å². The molecule has 5 rings (SSSR count). The summed E-state index contributed by atoms with van der Waals surface area (Å²) < 4.78 is 10.5. The molecule has 33 heavy (non-hydrogen) atoms. The Labute approximate surface area is 195 Å². The van der Waals surface area contributed by atoms with Crippen molar-refractivity contribution < 1.29 is 14.3 Å². The number of methoxy groups -OCH3 is 2. The van der Waals surface area contributed by atoms with E-state index < -0.39 is 0 Å². The van der Waals surface area contributed by atoms with Crippen molar-refractivity contribution in [3.63, 3.8) is 0 Å². The van der Waals surface area contributed by atoms with Crippen molar-refractivity contribution in [3.8, 4) is 5.75 Å². The Bertz CT molecular complexity index is 1110. The third-order valence-corrected chi connectivity index (χ3v) is 7.40. The summed E-state index contributed by atoms with van der Waals surface area (Å²) in [5.41, 5.74) is 2.67. The molecule has 1 amide bonds. The first-order chi connectivity index (χ1) is 16.2. The summed E-state index contributed by atoms with van der Waals surface area (Å²) in [6.07, 6.45) is 1.00. The van der Waals surface area contributed by atoms with Crippen LogP contribution >= 0.6 is 0 Å². The standard InChI is InChI=1S/C28H32N2O3/c1-32-19-28(31)29-14-13-27-26(18-29)25(22-9-11-24(33-2)12-10-22)17-30(27)16-20-7-8-21-5-3-4-6-23(21)15-20/h3-12,15,25-27H,13-14,16-19H2,1-2H3/t25-,26-,27-/m1/s1. The van der Waals surface area contributed by atoms with Gasteiger partial charge >= 0.3 is 0 Å². The van der Waals surface area contributed by atoms with E-state index in [1.165, 1.54) is 21.9 Å². The van der Waals surface area contributed by atoms with E-state index >= 15 is 0 Å². The topological polar surface area (TPSA) is 42.0 Å². The molecular weight excluding hydrogens is 412 g/mol. The van der Waals surface area contributed by atoms with Gasteiger partial charge in [-0.15, -0.1) is 0 Å². The zero-order valence-electron chi connectivity index (χ0n) is 19.4.